The van der Waals surface area contributed by atoms with E-state index in [1.165, 1.54) is 30.1 Å². The molecule has 1 aromatic carbocycles. The largest absolute Gasteiger partial charge is 0.480 e. The lowest BCUT2D eigenvalue weighted by Gasteiger charge is -2.26. The first-order valence-corrected chi connectivity index (χ1v) is 13.8. The fourth-order valence-electron chi connectivity index (χ4n) is 4.72. The van der Waals surface area contributed by atoms with Crippen LogP contribution in [-0.2, 0) is 27.5 Å². The molecule has 0 radical (unpaired) electrons. The van der Waals surface area contributed by atoms with Crippen LogP contribution in [0.5, 0.6) is 5.88 Å². The number of benzene rings is 1. The zero-order chi connectivity index (χ0) is 29.7. The van der Waals surface area contributed by atoms with Crippen molar-refractivity contribution in [1.29, 1.82) is 0 Å². The van der Waals surface area contributed by atoms with Crippen LogP contribution in [0.15, 0.2) is 52.4 Å². The van der Waals surface area contributed by atoms with E-state index in [1.807, 2.05) is 6.92 Å². The lowest BCUT2D eigenvalue weighted by molar-refractivity contribution is -0.145. The monoisotopic (exact) mass is 596 g/mol. The van der Waals surface area contributed by atoms with Gasteiger partial charge in [0.25, 0.3) is 10.0 Å². The van der Waals surface area contributed by atoms with Crippen molar-refractivity contribution in [3.8, 4) is 11.6 Å². The molecule has 1 amide bonds. The van der Waals surface area contributed by atoms with E-state index >= 15 is 0 Å². The van der Waals surface area contributed by atoms with E-state index in [0.717, 1.165) is 28.8 Å². The number of fused-ring (bicyclic) bond motifs is 1. The van der Waals surface area contributed by atoms with Gasteiger partial charge in [-0.05, 0) is 37.5 Å². The molecule has 5 rings (SSSR count). The number of hydrogen-bond donors (Lipinski definition) is 1. The molecule has 41 heavy (non-hydrogen) atoms. The number of hydrogen-bond acceptors (Lipinski definition) is 8. The van der Waals surface area contributed by atoms with Gasteiger partial charge in [-0.15, -0.1) is 5.10 Å². The first kappa shape index (κ1) is 28.5. The van der Waals surface area contributed by atoms with Crippen molar-refractivity contribution >= 4 is 26.9 Å². The molecule has 16 heteroatoms. The van der Waals surface area contributed by atoms with E-state index in [1.54, 1.807) is 6.92 Å². The van der Waals surface area contributed by atoms with Gasteiger partial charge in [0.05, 0.1) is 25.1 Å². The van der Waals surface area contributed by atoms with Crippen molar-refractivity contribution < 1.29 is 39.9 Å². The lowest BCUT2D eigenvalue weighted by atomic mass is 10.0. The Morgan fingerprint density at radius 1 is 1.20 bits per heavy atom. The van der Waals surface area contributed by atoms with E-state index in [2.05, 4.69) is 20.4 Å². The molecular formula is C25H24F4N6O5S. The minimum atomic E-state index is -4.70. The Hall–Kier alpha value is -4.05. The quantitative estimate of drug-likeness (QED) is 0.320. The Bertz CT molecular complexity index is 1700. The molecule has 1 saturated heterocycles. The van der Waals surface area contributed by atoms with Crippen LogP contribution < -0.4 is 10.1 Å². The van der Waals surface area contributed by atoms with Crippen LogP contribution in [-0.4, -0.2) is 57.6 Å². The molecule has 4 heterocycles. The van der Waals surface area contributed by atoms with Crippen LogP contribution in [0.3, 0.4) is 0 Å². The third-order valence-electron chi connectivity index (χ3n) is 6.97. The van der Waals surface area contributed by atoms with Crippen molar-refractivity contribution in [2.45, 2.75) is 50.2 Å². The molecule has 1 aliphatic heterocycles. The average molecular weight is 597 g/mol. The standard InChI is InChI=1S/C25H24F4N6O5S/c1-13-6-19(35(14(13)2)41(37,38)21-8-15-7-17(26)4-5-20(15)40-21)22(36)30-9-16-12-34(33-23(16)39-3)18-10-31-24(32-11-18)25(27,28)29/h4-5,7-8,10-14,19H,6,9H2,1-3H3,(H,30,36)/t13-,14+,19+/m1/s1. The van der Waals surface area contributed by atoms with Gasteiger partial charge in [-0.25, -0.2) is 27.5 Å². The van der Waals surface area contributed by atoms with Crippen LogP contribution in [0.25, 0.3) is 16.7 Å². The number of rotatable bonds is 7. The van der Waals surface area contributed by atoms with Gasteiger partial charge in [0.1, 0.15) is 23.1 Å². The first-order chi connectivity index (χ1) is 19.3. The van der Waals surface area contributed by atoms with Crippen molar-refractivity contribution in [2.24, 2.45) is 5.92 Å². The molecule has 3 aromatic heterocycles. The summed E-state index contributed by atoms with van der Waals surface area (Å²) in [6.07, 6.45) is -1.15. The summed E-state index contributed by atoms with van der Waals surface area (Å²) in [5.41, 5.74) is 0.678. The second kappa shape index (κ2) is 10.4. The number of amides is 1. The minimum absolute atomic E-state index is 0.0809. The number of sulfonamides is 1. The fourth-order valence-corrected chi connectivity index (χ4v) is 6.56. The summed E-state index contributed by atoms with van der Waals surface area (Å²) in [4.78, 5) is 20.0. The Morgan fingerprint density at radius 3 is 2.56 bits per heavy atom. The van der Waals surface area contributed by atoms with Gasteiger partial charge < -0.3 is 14.5 Å². The molecule has 0 spiro atoms. The number of alkyl halides is 3. The Kier molecular flexibility index (Phi) is 7.23. The molecular weight excluding hydrogens is 572 g/mol. The second-order valence-corrected chi connectivity index (χ2v) is 11.4. The molecule has 4 aromatic rings. The highest BCUT2D eigenvalue weighted by Gasteiger charge is 2.48. The summed E-state index contributed by atoms with van der Waals surface area (Å²) < 4.78 is 92.3. The van der Waals surface area contributed by atoms with E-state index in [9.17, 15) is 30.8 Å². The van der Waals surface area contributed by atoms with Crippen LogP contribution in [0.4, 0.5) is 17.6 Å². The number of carbonyl (C=O) groups excluding carboxylic acids is 1. The third kappa shape index (κ3) is 5.36. The molecule has 0 unspecified atom stereocenters. The molecule has 218 valence electrons. The molecule has 3 atom stereocenters. The van der Waals surface area contributed by atoms with Gasteiger partial charge >= 0.3 is 6.18 Å². The average Bonchev–Trinajstić information content (AvgIpc) is 3.62. The van der Waals surface area contributed by atoms with Crippen LogP contribution in [0.2, 0.25) is 0 Å². The normalized spacial score (nSPS) is 20.0. The predicted octanol–water partition coefficient (Wildman–Crippen LogP) is 3.68. The van der Waals surface area contributed by atoms with Gasteiger partial charge in [-0.2, -0.15) is 17.5 Å². The van der Waals surface area contributed by atoms with Crippen molar-refractivity contribution in [3.63, 3.8) is 0 Å². The topological polar surface area (TPSA) is 132 Å². The summed E-state index contributed by atoms with van der Waals surface area (Å²) in [7, 11) is -2.95. The van der Waals surface area contributed by atoms with Crippen molar-refractivity contribution in [2.75, 3.05) is 7.11 Å². The van der Waals surface area contributed by atoms with Gasteiger partial charge in [0.15, 0.2) is 0 Å². The van der Waals surface area contributed by atoms with Crippen molar-refractivity contribution in [1.82, 2.24) is 29.4 Å². The number of nitrogens with zero attached hydrogens (tertiary/aromatic N) is 5. The SMILES string of the molecule is COc1nn(-c2cnc(C(F)(F)F)nc2)cc1CNC(=O)[C@@H]1C[C@@H](C)[C@H](C)N1S(=O)(=O)c1cc2cc(F)ccc2o1. The number of methoxy groups -OCH3 is 1. The van der Waals surface area contributed by atoms with Gasteiger partial charge in [-0.3, -0.25) is 4.79 Å². The minimum Gasteiger partial charge on any atom is -0.480 e. The smallest absolute Gasteiger partial charge is 0.451 e. The number of ether oxygens (including phenoxy) is 1. The summed E-state index contributed by atoms with van der Waals surface area (Å²) in [6.45, 7) is 3.39. The van der Waals surface area contributed by atoms with Gasteiger partial charge in [0.2, 0.25) is 22.7 Å². The van der Waals surface area contributed by atoms with Crippen LogP contribution in [0, 0.1) is 11.7 Å². The molecule has 1 N–H and O–H groups in total. The highest BCUT2D eigenvalue weighted by molar-refractivity contribution is 7.89. The van der Waals surface area contributed by atoms with Crippen LogP contribution in [0.1, 0.15) is 31.7 Å². The summed E-state index contributed by atoms with van der Waals surface area (Å²) in [6, 6.07) is 3.25. The molecule has 0 aliphatic carbocycles. The number of nitrogens with one attached hydrogen (secondary N) is 1. The summed E-state index contributed by atoms with van der Waals surface area (Å²) in [5, 5.41) is 6.71. The maximum Gasteiger partial charge on any atom is 0.451 e. The maximum absolute atomic E-state index is 13.6. The zero-order valence-electron chi connectivity index (χ0n) is 21.9. The highest BCUT2D eigenvalue weighted by atomic mass is 32.2. The van der Waals surface area contributed by atoms with Gasteiger partial charge in [-0.1, -0.05) is 6.92 Å². The summed E-state index contributed by atoms with van der Waals surface area (Å²) >= 11 is 0. The van der Waals surface area contributed by atoms with Crippen LogP contribution >= 0.6 is 0 Å². The highest BCUT2D eigenvalue weighted by Crippen LogP contribution is 2.37. The van der Waals surface area contributed by atoms with E-state index in [4.69, 9.17) is 9.15 Å². The predicted molar refractivity (Wildman–Crippen MR) is 135 cm³/mol. The zero-order valence-corrected chi connectivity index (χ0v) is 22.7. The first-order valence-electron chi connectivity index (χ1n) is 12.3. The Balaban J connectivity index is 1.36. The summed E-state index contributed by atoms with van der Waals surface area (Å²) in [5.74, 6) is -2.52. The Labute approximate surface area is 231 Å². The third-order valence-corrected chi connectivity index (χ3v) is 8.82. The molecule has 11 nitrogen and oxygen atoms in total. The fraction of sp³-hybridized carbons (Fsp3) is 0.360. The van der Waals surface area contributed by atoms with E-state index in [-0.39, 0.29) is 41.4 Å². The molecule has 0 bridgehead atoms. The molecule has 1 fully saturated rings. The van der Waals surface area contributed by atoms with E-state index < -0.39 is 50.9 Å². The lowest BCUT2D eigenvalue weighted by Crippen LogP contribution is -2.48. The number of aromatic nitrogens is 4. The molecule has 0 saturated carbocycles. The number of carbonyl (C=O) groups is 1. The van der Waals surface area contributed by atoms with Gasteiger partial charge in [0, 0.05) is 30.2 Å². The number of furan rings is 1. The molecule has 1 aliphatic rings. The Morgan fingerprint density at radius 2 is 1.90 bits per heavy atom. The number of halogens is 4. The van der Waals surface area contributed by atoms with Crippen molar-refractivity contribution in [3.05, 3.63) is 60.1 Å². The maximum atomic E-state index is 13.6. The van der Waals surface area contributed by atoms with E-state index in [0.29, 0.717) is 5.56 Å². The second-order valence-electron chi connectivity index (χ2n) is 9.64.